The van der Waals surface area contributed by atoms with Crippen molar-refractivity contribution in [1.29, 1.82) is 0 Å². The third-order valence-corrected chi connectivity index (χ3v) is 1.80. The number of ketones is 1. The van der Waals surface area contributed by atoms with E-state index in [1.807, 2.05) is 5.32 Å². The van der Waals surface area contributed by atoms with Crippen LogP contribution in [0.15, 0.2) is 0 Å². The summed E-state index contributed by atoms with van der Waals surface area (Å²) in [5.74, 6) is -0.202. The predicted molar refractivity (Wildman–Crippen MR) is 40.0 cm³/mol. The van der Waals surface area contributed by atoms with Gasteiger partial charge in [-0.1, -0.05) is 0 Å². The Morgan fingerprint density at radius 3 is 2.83 bits per heavy atom. The Morgan fingerprint density at radius 1 is 1.58 bits per heavy atom. The molecule has 1 amide bonds. The lowest BCUT2D eigenvalue weighted by atomic mass is 10.0. The fourth-order valence-electron chi connectivity index (χ4n) is 1.10. The second-order valence-electron chi connectivity index (χ2n) is 2.69. The molecule has 0 spiro atoms. The Morgan fingerprint density at radius 2 is 2.33 bits per heavy atom. The Hall–Kier alpha value is -1.10. The highest BCUT2D eigenvalue weighted by Gasteiger charge is 2.23. The molecular formula is C7H11NO4. The van der Waals surface area contributed by atoms with Gasteiger partial charge in [0.15, 0.2) is 5.78 Å². The van der Waals surface area contributed by atoms with Crippen molar-refractivity contribution < 1.29 is 19.4 Å². The standard InChI is InChI=1S/C7H11NO4/c9-6(3-8-7(10)11)5-1-2-12-4-5/h5,8H,1-4H2,(H,10,11). The lowest BCUT2D eigenvalue weighted by molar-refractivity contribution is -0.121. The van der Waals surface area contributed by atoms with Crippen LogP contribution in [0.1, 0.15) is 6.42 Å². The molecular weight excluding hydrogens is 162 g/mol. The van der Waals surface area contributed by atoms with Crippen LogP contribution in [0.2, 0.25) is 0 Å². The molecule has 0 bridgehead atoms. The molecule has 1 rings (SSSR count). The smallest absolute Gasteiger partial charge is 0.405 e. The molecule has 0 radical (unpaired) electrons. The van der Waals surface area contributed by atoms with Crippen molar-refractivity contribution in [2.24, 2.45) is 5.92 Å². The van der Waals surface area contributed by atoms with Crippen LogP contribution in [0.4, 0.5) is 4.79 Å². The molecule has 0 saturated carbocycles. The first kappa shape index (κ1) is 8.99. The maximum absolute atomic E-state index is 11.1. The van der Waals surface area contributed by atoms with Crippen LogP contribution in [-0.4, -0.2) is 36.7 Å². The van der Waals surface area contributed by atoms with E-state index in [2.05, 4.69) is 0 Å². The largest absolute Gasteiger partial charge is 0.465 e. The monoisotopic (exact) mass is 173 g/mol. The molecule has 1 saturated heterocycles. The predicted octanol–water partition coefficient (Wildman–Crippen LogP) is -0.140. The Balaban J connectivity index is 2.23. The summed E-state index contributed by atoms with van der Waals surface area (Å²) in [6.45, 7) is 0.924. The lowest BCUT2D eigenvalue weighted by Crippen LogP contribution is -2.31. The molecule has 0 aromatic heterocycles. The van der Waals surface area contributed by atoms with Crippen molar-refractivity contribution in [2.75, 3.05) is 19.8 Å². The maximum atomic E-state index is 11.1. The quantitative estimate of drug-likeness (QED) is 0.622. The Labute approximate surface area is 69.7 Å². The number of carbonyl (C=O) groups excluding carboxylic acids is 1. The topological polar surface area (TPSA) is 75.6 Å². The second-order valence-corrected chi connectivity index (χ2v) is 2.69. The first-order valence-electron chi connectivity index (χ1n) is 3.77. The van der Waals surface area contributed by atoms with E-state index in [0.717, 1.165) is 0 Å². The second kappa shape index (κ2) is 4.06. The normalized spacial score (nSPS) is 22.2. The molecule has 1 unspecified atom stereocenters. The molecule has 1 aliphatic rings. The van der Waals surface area contributed by atoms with E-state index in [1.54, 1.807) is 0 Å². The zero-order valence-corrected chi connectivity index (χ0v) is 6.58. The molecule has 2 N–H and O–H groups in total. The molecule has 5 nitrogen and oxygen atoms in total. The van der Waals surface area contributed by atoms with Crippen molar-refractivity contribution in [3.63, 3.8) is 0 Å². The summed E-state index contributed by atoms with van der Waals surface area (Å²) in [7, 11) is 0. The summed E-state index contributed by atoms with van der Waals surface area (Å²) in [4.78, 5) is 21.2. The number of ether oxygens (including phenoxy) is 1. The Bertz CT molecular complexity index is 186. The SMILES string of the molecule is O=C(O)NCC(=O)C1CCOC1. The van der Waals surface area contributed by atoms with Crippen LogP contribution in [0.3, 0.4) is 0 Å². The van der Waals surface area contributed by atoms with Gasteiger partial charge in [0.25, 0.3) is 0 Å². The number of carbonyl (C=O) groups is 2. The number of hydrogen-bond donors (Lipinski definition) is 2. The van der Waals surface area contributed by atoms with Gasteiger partial charge in [-0.15, -0.1) is 0 Å². The number of hydrogen-bond acceptors (Lipinski definition) is 3. The third kappa shape index (κ3) is 2.50. The minimum atomic E-state index is -1.16. The third-order valence-electron chi connectivity index (χ3n) is 1.80. The molecule has 5 heteroatoms. The average molecular weight is 173 g/mol. The molecule has 1 fully saturated rings. The van der Waals surface area contributed by atoms with Gasteiger partial charge in [0.05, 0.1) is 13.2 Å². The minimum absolute atomic E-state index is 0.0881. The van der Waals surface area contributed by atoms with Gasteiger partial charge in [-0.2, -0.15) is 0 Å². The van der Waals surface area contributed by atoms with Gasteiger partial charge in [0.2, 0.25) is 0 Å². The maximum Gasteiger partial charge on any atom is 0.405 e. The average Bonchev–Trinajstić information content (AvgIpc) is 2.51. The highest BCUT2D eigenvalue weighted by Crippen LogP contribution is 2.12. The van der Waals surface area contributed by atoms with E-state index in [0.29, 0.717) is 19.6 Å². The highest BCUT2D eigenvalue weighted by molar-refractivity contribution is 5.85. The minimum Gasteiger partial charge on any atom is -0.465 e. The van der Waals surface area contributed by atoms with Crippen LogP contribution in [0, 0.1) is 5.92 Å². The van der Waals surface area contributed by atoms with Gasteiger partial charge in [0, 0.05) is 12.5 Å². The summed E-state index contributed by atoms with van der Waals surface area (Å²) in [5.41, 5.74) is 0. The molecule has 0 aromatic carbocycles. The van der Waals surface area contributed by atoms with E-state index in [4.69, 9.17) is 9.84 Å². The van der Waals surface area contributed by atoms with E-state index >= 15 is 0 Å². The lowest BCUT2D eigenvalue weighted by Gasteiger charge is -2.04. The van der Waals surface area contributed by atoms with Crippen LogP contribution in [-0.2, 0) is 9.53 Å². The summed E-state index contributed by atoms with van der Waals surface area (Å²) in [6.07, 6.45) is -0.456. The van der Waals surface area contributed by atoms with E-state index < -0.39 is 6.09 Å². The first-order valence-corrected chi connectivity index (χ1v) is 3.77. The Kier molecular flexibility index (Phi) is 3.04. The first-order chi connectivity index (χ1) is 5.70. The molecule has 1 heterocycles. The van der Waals surface area contributed by atoms with Gasteiger partial charge >= 0.3 is 6.09 Å². The molecule has 12 heavy (non-hydrogen) atoms. The highest BCUT2D eigenvalue weighted by atomic mass is 16.5. The van der Waals surface area contributed by atoms with E-state index in [1.165, 1.54) is 0 Å². The molecule has 0 aromatic rings. The van der Waals surface area contributed by atoms with Gasteiger partial charge in [-0.25, -0.2) is 4.79 Å². The van der Waals surface area contributed by atoms with Gasteiger partial charge in [-0.05, 0) is 6.42 Å². The number of carboxylic acid groups (broad SMARTS) is 1. The zero-order chi connectivity index (χ0) is 8.97. The molecule has 1 aliphatic heterocycles. The van der Waals surface area contributed by atoms with Gasteiger partial charge in [-0.3, -0.25) is 4.79 Å². The van der Waals surface area contributed by atoms with E-state index in [9.17, 15) is 9.59 Å². The summed E-state index contributed by atoms with van der Waals surface area (Å²) in [5, 5.41) is 10.2. The van der Waals surface area contributed by atoms with Crippen molar-refractivity contribution in [3.8, 4) is 0 Å². The van der Waals surface area contributed by atoms with E-state index in [-0.39, 0.29) is 18.2 Å². The number of amides is 1. The van der Waals surface area contributed by atoms with Crippen molar-refractivity contribution in [2.45, 2.75) is 6.42 Å². The van der Waals surface area contributed by atoms with Crippen LogP contribution in [0.25, 0.3) is 0 Å². The molecule has 1 atom stereocenters. The molecule has 0 aliphatic carbocycles. The number of Topliss-reactive ketones (excluding diaryl/α,β-unsaturated/α-hetero) is 1. The van der Waals surface area contributed by atoms with Crippen molar-refractivity contribution in [1.82, 2.24) is 5.32 Å². The summed E-state index contributed by atoms with van der Waals surface area (Å²) >= 11 is 0. The van der Waals surface area contributed by atoms with Crippen LogP contribution >= 0.6 is 0 Å². The van der Waals surface area contributed by atoms with Gasteiger partial charge in [0.1, 0.15) is 0 Å². The summed E-state index contributed by atoms with van der Waals surface area (Å²) < 4.78 is 4.99. The fraction of sp³-hybridized carbons (Fsp3) is 0.714. The summed E-state index contributed by atoms with van der Waals surface area (Å²) in [6, 6.07) is 0. The fourth-order valence-corrected chi connectivity index (χ4v) is 1.10. The number of rotatable bonds is 3. The zero-order valence-electron chi connectivity index (χ0n) is 6.58. The van der Waals surface area contributed by atoms with Crippen molar-refractivity contribution >= 4 is 11.9 Å². The van der Waals surface area contributed by atoms with Crippen LogP contribution < -0.4 is 5.32 Å². The van der Waals surface area contributed by atoms with Crippen LogP contribution in [0.5, 0.6) is 0 Å². The number of nitrogens with one attached hydrogen (secondary N) is 1. The van der Waals surface area contributed by atoms with Gasteiger partial charge < -0.3 is 15.2 Å². The van der Waals surface area contributed by atoms with Crippen molar-refractivity contribution in [3.05, 3.63) is 0 Å². The molecule has 68 valence electrons.